The van der Waals surface area contributed by atoms with E-state index in [1.165, 1.54) is 12.1 Å². The summed E-state index contributed by atoms with van der Waals surface area (Å²) in [6.45, 7) is 0. The molecule has 20 heavy (non-hydrogen) atoms. The molecule has 0 saturated heterocycles. The number of carboxylic acid groups (broad SMARTS) is 1. The maximum absolute atomic E-state index is 10.9. The van der Waals surface area contributed by atoms with Crippen molar-refractivity contribution in [3.8, 4) is 11.5 Å². The van der Waals surface area contributed by atoms with Gasteiger partial charge in [0.2, 0.25) is 5.89 Å². The van der Waals surface area contributed by atoms with Crippen molar-refractivity contribution in [3.63, 3.8) is 0 Å². The van der Waals surface area contributed by atoms with Crippen LogP contribution in [0.4, 0.5) is 0 Å². The van der Waals surface area contributed by atoms with Gasteiger partial charge in [0, 0.05) is 15.6 Å². The van der Waals surface area contributed by atoms with Crippen LogP contribution in [0.25, 0.3) is 22.6 Å². The van der Waals surface area contributed by atoms with Crippen LogP contribution >= 0.6 is 23.2 Å². The Hall–Kier alpha value is -2.04. The Morgan fingerprint density at radius 3 is 2.45 bits per heavy atom. The van der Waals surface area contributed by atoms with E-state index >= 15 is 0 Å². The normalized spacial score (nSPS) is 10.9. The maximum atomic E-state index is 10.9. The molecule has 4 nitrogen and oxygen atoms in total. The van der Waals surface area contributed by atoms with E-state index in [9.17, 15) is 4.79 Å². The molecular formula is C14H7Cl2NO3. The van der Waals surface area contributed by atoms with Gasteiger partial charge in [0.05, 0.1) is 5.56 Å². The average Bonchev–Trinajstić information content (AvgIpc) is 2.80. The molecule has 1 heterocycles. The van der Waals surface area contributed by atoms with Crippen LogP contribution in [-0.4, -0.2) is 16.1 Å². The number of carbonyl (C=O) groups is 1. The molecule has 3 aromatic rings. The number of hydrogen-bond donors (Lipinski definition) is 1. The highest BCUT2D eigenvalue weighted by Crippen LogP contribution is 2.29. The maximum Gasteiger partial charge on any atom is 0.335 e. The zero-order valence-corrected chi connectivity index (χ0v) is 11.4. The number of halogens is 2. The highest BCUT2D eigenvalue weighted by Gasteiger charge is 2.12. The largest absolute Gasteiger partial charge is 0.478 e. The molecule has 0 aliphatic rings. The Morgan fingerprint density at radius 2 is 1.80 bits per heavy atom. The molecule has 0 fully saturated rings. The van der Waals surface area contributed by atoms with Crippen molar-refractivity contribution < 1.29 is 14.3 Å². The number of benzene rings is 2. The van der Waals surface area contributed by atoms with Crippen molar-refractivity contribution in [1.29, 1.82) is 0 Å². The number of carboxylic acids is 1. The van der Waals surface area contributed by atoms with E-state index in [1.807, 2.05) is 0 Å². The lowest BCUT2D eigenvalue weighted by atomic mass is 10.2. The minimum Gasteiger partial charge on any atom is -0.478 e. The highest BCUT2D eigenvalue weighted by molar-refractivity contribution is 6.35. The molecule has 1 aromatic heterocycles. The van der Waals surface area contributed by atoms with Crippen LogP contribution in [0, 0.1) is 0 Å². The SMILES string of the molecule is O=C(O)[13c]1[13cH][13cH][13c]2nc(-c3cc(Cl)cc(Cl)c3)o[13c]2[13cH]1. The second kappa shape index (κ2) is 4.81. The summed E-state index contributed by atoms with van der Waals surface area (Å²) in [5.74, 6) is -0.678. The molecule has 100 valence electrons. The van der Waals surface area contributed by atoms with Crippen molar-refractivity contribution in [2.24, 2.45) is 0 Å². The fourth-order valence-electron chi connectivity index (χ4n) is 1.86. The second-order valence-corrected chi connectivity index (χ2v) is 5.04. The fraction of sp³-hybridized carbons (Fsp3) is 0. The molecule has 0 saturated carbocycles. The quantitative estimate of drug-likeness (QED) is 0.756. The third-order valence-electron chi connectivity index (χ3n) is 2.74. The third kappa shape index (κ3) is 2.35. The predicted octanol–water partition coefficient (Wildman–Crippen LogP) is 4.50. The van der Waals surface area contributed by atoms with Crippen molar-refractivity contribution in [2.45, 2.75) is 0 Å². The molecule has 0 aliphatic heterocycles. The minimum atomic E-state index is -1.02. The molecule has 0 unspecified atom stereocenters. The number of rotatable bonds is 2. The van der Waals surface area contributed by atoms with Crippen LogP contribution in [-0.2, 0) is 0 Å². The average molecular weight is 314 g/mol. The monoisotopic (exact) mass is 313 g/mol. The Balaban J connectivity index is 2.15. The third-order valence-corrected chi connectivity index (χ3v) is 3.18. The zero-order chi connectivity index (χ0) is 14.3. The number of hydrogen-bond acceptors (Lipinski definition) is 3. The molecule has 6 heteroatoms. The van der Waals surface area contributed by atoms with Gasteiger partial charge in [-0.25, -0.2) is 9.78 Å². The van der Waals surface area contributed by atoms with Gasteiger partial charge in [-0.15, -0.1) is 0 Å². The van der Waals surface area contributed by atoms with Crippen molar-refractivity contribution in [2.75, 3.05) is 0 Å². The molecule has 0 atom stereocenters. The van der Waals surface area contributed by atoms with E-state index in [-0.39, 0.29) is 5.56 Å². The van der Waals surface area contributed by atoms with Crippen LogP contribution in [0.3, 0.4) is 0 Å². The second-order valence-electron chi connectivity index (χ2n) is 4.16. The van der Waals surface area contributed by atoms with Gasteiger partial charge in [-0.05, 0) is 36.4 Å². The smallest absolute Gasteiger partial charge is 0.335 e. The van der Waals surface area contributed by atoms with Gasteiger partial charge in [-0.2, -0.15) is 0 Å². The Morgan fingerprint density at radius 1 is 1.10 bits per heavy atom. The Kier molecular flexibility index (Phi) is 3.12. The van der Waals surface area contributed by atoms with E-state index in [0.29, 0.717) is 32.6 Å². The van der Waals surface area contributed by atoms with E-state index in [1.54, 1.807) is 24.3 Å². The van der Waals surface area contributed by atoms with E-state index in [4.69, 9.17) is 32.7 Å². The summed E-state index contributed by atoms with van der Waals surface area (Å²) in [6.07, 6.45) is 0. The molecule has 0 amide bonds. The first-order valence-corrected chi connectivity index (χ1v) is 6.39. The van der Waals surface area contributed by atoms with Gasteiger partial charge in [0.15, 0.2) is 5.58 Å². The summed E-state index contributed by atoms with van der Waals surface area (Å²) >= 11 is 11.9. The van der Waals surface area contributed by atoms with Gasteiger partial charge in [0.25, 0.3) is 0 Å². The first-order chi connectivity index (χ1) is 9.52. The molecular weight excluding hydrogens is 307 g/mol. The highest BCUT2D eigenvalue weighted by atomic mass is 35.5. The number of aromatic nitrogens is 1. The zero-order valence-electron chi connectivity index (χ0n) is 9.93. The standard InChI is InChI=1S/C14H7Cl2NO3/c15-9-3-8(4-10(16)6-9)13-17-11-2-1-7(14(18)19)5-12(11)20-13/h1-6H,(H,18,19)/i1+1,2+1,5+1,7+1,11+1,12+1. The van der Waals surface area contributed by atoms with Gasteiger partial charge in [-0.3, -0.25) is 0 Å². The summed E-state index contributed by atoms with van der Waals surface area (Å²) in [5.41, 5.74) is 1.75. The van der Waals surface area contributed by atoms with Crippen LogP contribution in [0.2, 0.25) is 10.0 Å². The Bertz CT molecular complexity index is 806. The lowest BCUT2D eigenvalue weighted by Gasteiger charge is -1.97. The van der Waals surface area contributed by atoms with Crippen LogP contribution < -0.4 is 0 Å². The number of oxazole rings is 1. The number of aromatic carboxylic acids is 1. The molecule has 3 rings (SSSR count). The molecule has 0 aliphatic carbocycles. The fourth-order valence-corrected chi connectivity index (χ4v) is 2.38. The van der Waals surface area contributed by atoms with Gasteiger partial charge in [-0.1, -0.05) is 23.2 Å². The summed E-state index contributed by atoms with van der Waals surface area (Å²) in [6, 6.07) is 9.46. The van der Waals surface area contributed by atoms with Crippen molar-refractivity contribution in [1.82, 2.24) is 4.98 Å². The first kappa shape index (κ1) is 13.0. The summed E-state index contributed by atoms with van der Waals surface area (Å²) in [5, 5.41) is 9.89. The van der Waals surface area contributed by atoms with Crippen LogP contribution in [0.1, 0.15) is 10.4 Å². The van der Waals surface area contributed by atoms with Gasteiger partial charge in [0.1, 0.15) is 5.52 Å². The van der Waals surface area contributed by atoms with E-state index < -0.39 is 5.97 Å². The molecule has 2 aromatic carbocycles. The van der Waals surface area contributed by atoms with Crippen molar-refractivity contribution in [3.05, 3.63) is 52.0 Å². The van der Waals surface area contributed by atoms with Gasteiger partial charge >= 0.3 is 5.97 Å². The number of fused-ring (bicyclic) bond motifs is 1. The van der Waals surface area contributed by atoms with E-state index in [2.05, 4.69) is 4.98 Å². The van der Waals surface area contributed by atoms with Gasteiger partial charge < -0.3 is 9.52 Å². The molecule has 1 N–H and O–H groups in total. The van der Waals surface area contributed by atoms with Crippen molar-refractivity contribution >= 4 is 40.3 Å². The van der Waals surface area contributed by atoms with Crippen LogP contribution in [0.15, 0.2) is 40.8 Å². The lowest BCUT2D eigenvalue weighted by molar-refractivity contribution is 0.0697. The molecule has 0 bridgehead atoms. The lowest BCUT2D eigenvalue weighted by Crippen LogP contribution is -1.94. The van der Waals surface area contributed by atoms with E-state index in [0.717, 1.165) is 0 Å². The Labute approximate surface area is 123 Å². The summed E-state index contributed by atoms with van der Waals surface area (Å²) in [7, 11) is 0. The summed E-state index contributed by atoms with van der Waals surface area (Å²) in [4.78, 5) is 15.2. The summed E-state index contributed by atoms with van der Waals surface area (Å²) < 4.78 is 5.56. The van der Waals surface area contributed by atoms with Crippen LogP contribution in [0.5, 0.6) is 0 Å². The molecule has 0 radical (unpaired) electrons. The first-order valence-electron chi connectivity index (χ1n) is 5.63. The molecule has 0 spiro atoms. The minimum absolute atomic E-state index is 0.143. The number of nitrogens with zero attached hydrogens (tertiary/aromatic N) is 1. The topological polar surface area (TPSA) is 63.3 Å². The predicted molar refractivity (Wildman–Crippen MR) is 76.4 cm³/mol.